The fraction of sp³-hybridized carbons (Fsp3) is 0. The van der Waals surface area contributed by atoms with Crippen molar-refractivity contribution in [3.05, 3.63) is 95.0 Å². The molecule has 4 rings (SSSR count). The number of benzene rings is 3. The van der Waals surface area contributed by atoms with Crippen LogP contribution in [0.3, 0.4) is 0 Å². The van der Waals surface area contributed by atoms with Gasteiger partial charge in [-0.3, -0.25) is 4.79 Å². The summed E-state index contributed by atoms with van der Waals surface area (Å²) < 4.78 is 32.6. The van der Waals surface area contributed by atoms with Crippen molar-refractivity contribution in [2.75, 3.05) is 5.32 Å². The van der Waals surface area contributed by atoms with E-state index in [1.807, 2.05) is 0 Å². The summed E-state index contributed by atoms with van der Waals surface area (Å²) >= 11 is 5.98. The van der Waals surface area contributed by atoms with E-state index in [0.29, 0.717) is 21.7 Å². The largest absolute Gasteiger partial charge is 0.353 e. The van der Waals surface area contributed by atoms with Gasteiger partial charge in [0.05, 0.1) is 5.56 Å². The lowest BCUT2D eigenvalue weighted by Gasteiger charge is -2.07. The Morgan fingerprint density at radius 1 is 0.897 bits per heavy atom. The minimum absolute atomic E-state index is 0.126. The van der Waals surface area contributed by atoms with Crippen molar-refractivity contribution >= 4 is 23.3 Å². The summed E-state index contributed by atoms with van der Waals surface area (Å²) in [6.45, 7) is 0. The number of hydrogen-bond donors (Lipinski definition) is 1. The third-order valence-corrected chi connectivity index (χ3v) is 4.48. The highest BCUT2D eigenvalue weighted by atomic mass is 35.5. The standard InChI is InChI=1S/C22H13ClF2N2O2/c23-16-9-7-13(8-10-16)19-20(14-3-1-5-17(24)11-14)29-27-21(19)26-22(28)15-4-2-6-18(25)12-15/h1-12H,(H,26,27,28). The maximum atomic E-state index is 13.7. The number of hydrogen-bond acceptors (Lipinski definition) is 3. The Bertz CT molecular complexity index is 1190. The Kier molecular flexibility index (Phi) is 5.10. The van der Waals surface area contributed by atoms with Gasteiger partial charge < -0.3 is 9.84 Å². The van der Waals surface area contributed by atoms with Gasteiger partial charge in [-0.25, -0.2) is 8.78 Å². The van der Waals surface area contributed by atoms with Gasteiger partial charge >= 0.3 is 0 Å². The van der Waals surface area contributed by atoms with Gasteiger partial charge in [0.15, 0.2) is 11.6 Å². The van der Waals surface area contributed by atoms with E-state index in [2.05, 4.69) is 10.5 Å². The first kappa shape index (κ1) is 18.8. The number of rotatable bonds is 4. The van der Waals surface area contributed by atoms with Crippen molar-refractivity contribution < 1.29 is 18.1 Å². The number of nitrogens with one attached hydrogen (secondary N) is 1. The molecule has 29 heavy (non-hydrogen) atoms. The molecule has 144 valence electrons. The molecule has 0 aliphatic rings. The average Bonchev–Trinajstić information content (AvgIpc) is 3.12. The van der Waals surface area contributed by atoms with Gasteiger partial charge in [-0.15, -0.1) is 0 Å². The van der Waals surface area contributed by atoms with E-state index < -0.39 is 17.5 Å². The molecular formula is C22H13ClF2N2O2. The van der Waals surface area contributed by atoms with Crippen LogP contribution in [0.15, 0.2) is 77.3 Å². The normalized spacial score (nSPS) is 10.7. The summed E-state index contributed by atoms with van der Waals surface area (Å²) in [6, 6.07) is 17.9. The minimum atomic E-state index is -0.557. The molecule has 1 heterocycles. The van der Waals surface area contributed by atoms with Crippen LogP contribution in [0.1, 0.15) is 10.4 Å². The molecule has 0 saturated carbocycles. The molecule has 1 amide bonds. The number of carbonyl (C=O) groups excluding carboxylic acids is 1. The fourth-order valence-electron chi connectivity index (χ4n) is 2.90. The highest BCUT2D eigenvalue weighted by molar-refractivity contribution is 6.30. The van der Waals surface area contributed by atoms with Crippen LogP contribution in [0, 0.1) is 11.6 Å². The van der Waals surface area contributed by atoms with E-state index in [1.165, 1.54) is 30.3 Å². The predicted molar refractivity (Wildman–Crippen MR) is 107 cm³/mol. The molecule has 0 bridgehead atoms. The van der Waals surface area contributed by atoms with Crippen LogP contribution in [-0.2, 0) is 0 Å². The maximum absolute atomic E-state index is 13.7. The lowest BCUT2D eigenvalue weighted by atomic mass is 10.0. The summed E-state index contributed by atoms with van der Waals surface area (Å²) in [5.74, 6) is -1.12. The molecule has 0 unspecified atom stereocenters. The zero-order valence-electron chi connectivity index (χ0n) is 14.8. The second kappa shape index (κ2) is 7.85. The van der Waals surface area contributed by atoms with Gasteiger partial charge in [0, 0.05) is 16.1 Å². The highest BCUT2D eigenvalue weighted by Crippen LogP contribution is 2.38. The van der Waals surface area contributed by atoms with Gasteiger partial charge in [-0.2, -0.15) is 0 Å². The molecule has 0 radical (unpaired) electrons. The summed E-state index contributed by atoms with van der Waals surface area (Å²) in [5.41, 5.74) is 1.69. The van der Waals surface area contributed by atoms with Crippen LogP contribution < -0.4 is 5.32 Å². The monoisotopic (exact) mass is 410 g/mol. The van der Waals surface area contributed by atoms with E-state index in [1.54, 1.807) is 36.4 Å². The first-order valence-corrected chi connectivity index (χ1v) is 8.97. The van der Waals surface area contributed by atoms with Gasteiger partial charge in [-0.05, 0) is 48.0 Å². The van der Waals surface area contributed by atoms with Crippen molar-refractivity contribution in [2.45, 2.75) is 0 Å². The van der Waals surface area contributed by atoms with Crippen molar-refractivity contribution in [3.8, 4) is 22.5 Å². The lowest BCUT2D eigenvalue weighted by Crippen LogP contribution is -2.13. The molecule has 7 heteroatoms. The Hall–Kier alpha value is -3.51. The van der Waals surface area contributed by atoms with Crippen LogP contribution in [0.4, 0.5) is 14.6 Å². The van der Waals surface area contributed by atoms with Gasteiger partial charge in [0.25, 0.3) is 5.91 Å². The smallest absolute Gasteiger partial charge is 0.257 e. The predicted octanol–water partition coefficient (Wildman–Crippen LogP) is 6.19. The fourth-order valence-corrected chi connectivity index (χ4v) is 3.02. The number of carbonyl (C=O) groups is 1. The lowest BCUT2D eigenvalue weighted by molar-refractivity contribution is 0.102. The van der Waals surface area contributed by atoms with Crippen LogP contribution in [0.2, 0.25) is 5.02 Å². The molecule has 0 fully saturated rings. The first-order valence-electron chi connectivity index (χ1n) is 8.60. The molecule has 4 aromatic rings. The second-order valence-corrected chi connectivity index (χ2v) is 6.65. The van der Waals surface area contributed by atoms with Crippen LogP contribution >= 0.6 is 11.6 Å². The maximum Gasteiger partial charge on any atom is 0.257 e. The molecule has 1 N–H and O–H groups in total. The molecule has 1 aromatic heterocycles. The topological polar surface area (TPSA) is 55.1 Å². The number of halogens is 3. The van der Waals surface area contributed by atoms with Gasteiger partial charge in [-0.1, -0.05) is 47.1 Å². The molecule has 0 spiro atoms. The Balaban J connectivity index is 1.79. The van der Waals surface area contributed by atoms with E-state index >= 15 is 0 Å². The zero-order valence-corrected chi connectivity index (χ0v) is 15.6. The number of aromatic nitrogens is 1. The van der Waals surface area contributed by atoms with Crippen molar-refractivity contribution in [1.82, 2.24) is 5.16 Å². The highest BCUT2D eigenvalue weighted by Gasteiger charge is 2.22. The SMILES string of the molecule is O=C(Nc1noc(-c2cccc(F)c2)c1-c1ccc(Cl)cc1)c1cccc(F)c1. The Morgan fingerprint density at radius 3 is 2.28 bits per heavy atom. The molecule has 3 aromatic carbocycles. The minimum Gasteiger partial charge on any atom is -0.353 e. The van der Waals surface area contributed by atoms with Crippen molar-refractivity contribution in [2.24, 2.45) is 0 Å². The molecule has 0 saturated heterocycles. The molecule has 0 aliphatic heterocycles. The summed E-state index contributed by atoms with van der Waals surface area (Å²) in [7, 11) is 0. The summed E-state index contributed by atoms with van der Waals surface area (Å²) in [5, 5.41) is 7.12. The van der Waals surface area contributed by atoms with Crippen LogP contribution in [0.5, 0.6) is 0 Å². The van der Waals surface area contributed by atoms with Crippen LogP contribution in [-0.4, -0.2) is 11.1 Å². The third-order valence-electron chi connectivity index (χ3n) is 4.23. The van der Waals surface area contributed by atoms with E-state index in [-0.39, 0.29) is 17.1 Å². The van der Waals surface area contributed by atoms with Crippen LogP contribution in [0.25, 0.3) is 22.5 Å². The quantitative estimate of drug-likeness (QED) is 0.436. The third kappa shape index (κ3) is 4.02. The zero-order chi connectivity index (χ0) is 20.4. The van der Waals surface area contributed by atoms with E-state index in [4.69, 9.17) is 16.1 Å². The summed E-state index contributed by atoms with van der Waals surface area (Å²) in [4.78, 5) is 12.6. The molecule has 0 atom stereocenters. The Labute approximate surface area is 169 Å². The number of anilines is 1. The van der Waals surface area contributed by atoms with Crippen molar-refractivity contribution in [1.29, 1.82) is 0 Å². The first-order chi connectivity index (χ1) is 14.0. The second-order valence-electron chi connectivity index (χ2n) is 6.22. The van der Waals surface area contributed by atoms with Crippen molar-refractivity contribution in [3.63, 3.8) is 0 Å². The van der Waals surface area contributed by atoms with Gasteiger partial charge in [0.2, 0.25) is 0 Å². The molecular weight excluding hydrogens is 398 g/mol. The van der Waals surface area contributed by atoms with Gasteiger partial charge in [0.1, 0.15) is 11.6 Å². The molecule has 4 nitrogen and oxygen atoms in total. The number of nitrogens with zero attached hydrogens (tertiary/aromatic N) is 1. The summed E-state index contributed by atoms with van der Waals surface area (Å²) in [6.07, 6.45) is 0. The van der Waals surface area contributed by atoms with E-state index in [9.17, 15) is 13.6 Å². The Morgan fingerprint density at radius 2 is 1.59 bits per heavy atom. The molecule has 0 aliphatic carbocycles. The average molecular weight is 411 g/mol. The number of amides is 1. The van der Waals surface area contributed by atoms with E-state index in [0.717, 1.165) is 6.07 Å².